The predicted molar refractivity (Wildman–Crippen MR) is 61.5 cm³/mol. The quantitative estimate of drug-likeness (QED) is 0.729. The van der Waals surface area contributed by atoms with Crippen LogP contribution in [0.1, 0.15) is 6.42 Å². The van der Waals surface area contributed by atoms with Gasteiger partial charge >= 0.3 is 0 Å². The number of hydrogen-bond donors (Lipinski definition) is 1. The van der Waals surface area contributed by atoms with Gasteiger partial charge in [-0.1, -0.05) is 30.4 Å². The van der Waals surface area contributed by atoms with E-state index in [0.717, 1.165) is 17.8 Å². The van der Waals surface area contributed by atoms with Crippen molar-refractivity contribution in [3.63, 3.8) is 0 Å². The van der Waals surface area contributed by atoms with Gasteiger partial charge in [-0.2, -0.15) is 0 Å². The minimum absolute atomic E-state index is 0.149. The van der Waals surface area contributed by atoms with Crippen LogP contribution in [0, 0.1) is 0 Å². The Hall–Kier alpha value is -1.21. The lowest BCUT2D eigenvalue weighted by atomic mass is 10.1. The Morgan fingerprint density at radius 2 is 2.00 bits per heavy atom. The van der Waals surface area contributed by atoms with Gasteiger partial charge in [0.2, 0.25) is 0 Å². The highest BCUT2D eigenvalue weighted by molar-refractivity contribution is 6.22. The van der Waals surface area contributed by atoms with E-state index in [4.69, 9.17) is 11.6 Å². The molecule has 0 amide bonds. The van der Waals surface area contributed by atoms with Crippen LogP contribution in [0.15, 0.2) is 54.3 Å². The van der Waals surface area contributed by atoms with Crippen LogP contribution in [0.2, 0.25) is 0 Å². The number of para-hydroxylation sites is 1. The molecule has 1 atom stereocenters. The minimum atomic E-state index is 0.149. The molecule has 0 saturated heterocycles. The van der Waals surface area contributed by atoms with Crippen molar-refractivity contribution in [1.29, 1.82) is 0 Å². The van der Waals surface area contributed by atoms with Gasteiger partial charge in [0.25, 0.3) is 0 Å². The normalized spacial score (nSPS) is 20.4. The van der Waals surface area contributed by atoms with Crippen LogP contribution < -0.4 is 5.32 Å². The van der Waals surface area contributed by atoms with Crippen LogP contribution in [0.3, 0.4) is 0 Å². The monoisotopic (exact) mass is 205 g/mol. The number of alkyl halides is 1. The SMILES string of the molecule is ClC1C=CC(Nc2ccccc2)=CC1. The van der Waals surface area contributed by atoms with E-state index in [9.17, 15) is 0 Å². The van der Waals surface area contributed by atoms with Crippen molar-refractivity contribution < 1.29 is 0 Å². The molecule has 1 unspecified atom stereocenters. The second kappa shape index (κ2) is 4.34. The maximum absolute atomic E-state index is 5.93. The standard InChI is InChI=1S/C12H12ClN/c13-10-6-8-12(9-7-10)14-11-4-2-1-3-5-11/h1-6,8-10,14H,7H2. The molecule has 1 N–H and O–H groups in total. The van der Waals surface area contributed by atoms with Crippen LogP contribution in [0.5, 0.6) is 0 Å². The molecule has 0 aromatic heterocycles. The van der Waals surface area contributed by atoms with E-state index in [-0.39, 0.29) is 5.38 Å². The van der Waals surface area contributed by atoms with Crippen molar-refractivity contribution in [2.75, 3.05) is 5.32 Å². The molecule has 0 heterocycles. The van der Waals surface area contributed by atoms with Gasteiger partial charge in [-0.25, -0.2) is 0 Å². The van der Waals surface area contributed by atoms with Crippen molar-refractivity contribution in [3.05, 3.63) is 54.3 Å². The van der Waals surface area contributed by atoms with E-state index in [1.807, 2.05) is 42.5 Å². The van der Waals surface area contributed by atoms with Crippen molar-refractivity contribution in [1.82, 2.24) is 0 Å². The Balaban J connectivity index is 2.03. The molecule has 0 aliphatic heterocycles. The summed E-state index contributed by atoms with van der Waals surface area (Å²) in [6, 6.07) is 10.1. The molecule has 0 radical (unpaired) electrons. The van der Waals surface area contributed by atoms with Crippen LogP contribution >= 0.6 is 11.6 Å². The summed E-state index contributed by atoms with van der Waals surface area (Å²) < 4.78 is 0. The predicted octanol–water partition coefficient (Wildman–Crippen LogP) is 3.55. The van der Waals surface area contributed by atoms with Gasteiger partial charge in [0.1, 0.15) is 0 Å². The molecular weight excluding hydrogens is 194 g/mol. The molecule has 1 aliphatic rings. The molecule has 72 valence electrons. The first kappa shape index (κ1) is 9.35. The first-order valence-electron chi connectivity index (χ1n) is 4.69. The lowest BCUT2D eigenvalue weighted by Crippen LogP contribution is -2.03. The molecule has 1 aromatic rings. The number of allylic oxidation sites excluding steroid dienone is 3. The van der Waals surface area contributed by atoms with Gasteiger partial charge in [-0.15, -0.1) is 11.6 Å². The van der Waals surface area contributed by atoms with Crippen molar-refractivity contribution in [3.8, 4) is 0 Å². The van der Waals surface area contributed by atoms with Crippen LogP contribution in [-0.2, 0) is 0 Å². The van der Waals surface area contributed by atoms with Gasteiger partial charge in [0, 0.05) is 11.4 Å². The minimum Gasteiger partial charge on any atom is -0.356 e. The number of nitrogens with one attached hydrogen (secondary N) is 1. The largest absolute Gasteiger partial charge is 0.356 e. The van der Waals surface area contributed by atoms with Crippen molar-refractivity contribution >= 4 is 17.3 Å². The van der Waals surface area contributed by atoms with Gasteiger partial charge < -0.3 is 5.32 Å². The Morgan fingerprint density at radius 1 is 1.21 bits per heavy atom. The zero-order chi connectivity index (χ0) is 9.80. The van der Waals surface area contributed by atoms with Crippen LogP contribution in [-0.4, -0.2) is 5.38 Å². The first-order valence-corrected chi connectivity index (χ1v) is 5.13. The Kier molecular flexibility index (Phi) is 2.90. The van der Waals surface area contributed by atoms with Crippen molar-refractivity contribution in [2.45, 2.75) is 11.8 Å². The van der Waals surface area contributed by atoms with Gasteiger partial charge in [-0.3, -0.25) is 0 Å². The zero-order valence-electron chi connectivity index (χ0n) is 7.78. The highest BCUT2D eigenvalue weighted by atomic mass is 35.5. The summed E-state index contributed by atoms with van der Waals surface area (Å²) in [5, 5.41) is 3.47. The average molecular weight is 206 g/mol. The molecule has 0 fully saturated rings. The third kappa shape index (κ3) is 2.39. The molecule has 1 aliphatic carbocycles. The van der Waals surface area contributed by atoms with E-state index >= 15 is 0 Å². The number of halogens is 1. The van der Waals surface area contributed by atoms with Gasteiger partial charge in [-0.05, 0) is 24.6 Å². The van der Waals surface area contributed by atoms with Crippen LogP contribution in [0.25, 0.3) is 0 Å². The summed E-state index contributed by atoms with van der Waals surface area (Å²) in [4.78, 5) is 0. The lowest BCUT2D eigenvalue weighted by molar-refractivity contribution is 1.03. The second-order valence-corrected chi connectivity index (χ2v) is 3.82. The smallest absolute Gasteiger partial charge is 0.0555 e. The number of hydrogen-bond acceptors (Lipinski definition) is 1. The van der Waals surface area contributed by atoms with E-state index in [0.29, 0.717) is 0 Å². The second-order valence-electron chi connectivity index (χ2n) is 3.26. The maximum atomic E-state index is 5.93. The first-order chi connectivity index (χ1) is 6.84. The highest BCUT2D eigenvalue weighted by Crippen LogP contribution is 2.17. The fourth-order valence-electron chi connectivity index (χ4n) is 1.38. The summed E-state index contributed by atoms with van der Waals surface area (Å²) >= 11 is 5.93. The fraction of sp³-hybridized carbons (Fsp3) is 0.167. The number of anilines is 1. The molecular formula is C12H12ClN. The zero-order valence-corrected chi connectivity index (χ0v) is 8.54. The number of rotatable bonds is 2. The van der Waals surface area contributed by atoms with Crippen LogP contribution in [0.4, 0.5) is 5.69 Å². The van der Waals surface area contributed by atoms with E-state index in [1.54, 1.807) is 0 Å². The third-order valence-corrected chi connectivity index (χ3v) is 2.43. The average Bonchev–Trinajstić information content (AvgIpc) is 2.23. The molecule has 14 heavy (non-hydrogen) atoms. The Bertz CT molecular complexity index is 354. The van der Waals surface area contributed by atoms with E-state index in [2.05, 4.69) is 11.4 Å². The summed E-state index contributed by atoms with van der Waals surface area (Å²) in [7, 11) is 0. The van der Waals surface area contributed by atoms with Gasteiger partial charge in [0.05, 0.1) is 5.38 Å². The van der Waals surface area contributed by atoms with Gasteiger partial charge in [0.15, 0.2) is 0 Å². The highest BCUT2D eigenvalue weighted by Gasteiger charge is 2.04. The Morgan fingerprint density at radius 3 is 2.64 bits per heavy atom. The van der Waals surface area contributed by atoms with E-state index < -0.39 is 0 Å². The summed E-state index contributed by atoms with van der Waals surface area (Å²) in [5.74, 6) is 0. The van der Waals surface area contributed by atoms with Crippen molar-refractivity contribution in [2.24, 2.45) is 0 Å². The Labute approximate surface area is 89.1 Å². The van der Waals surface area contributed by atoms with E-state index in [1.165, 1.54) is 0 Å². The molecule has 0 spiro atoms. The molecule has 0 saturated carbocycles. The molecule has 2 heteroatoms. The summed E-state index contributed by atoms with van der Waals surface area (Å²) in [5.41, 5.74) is 2.23. The molecule has 1 nitrogen and oxygen atoms in total. The number of benzene rings is 1. The third-order valence-electron chi connectivity index (χ3n) is 2.11. The summed E-state index contributed by atoms with van der Waals surface area (Å²) in [6.45, 7) is 0. The summed E-state index contributed by atoms with van der Waals surface area (Å²) in [6.07, 6.45) is 7.04. The molecule has 0 bridgehead atoms. The lowest BCUT2D eigenvalue weighted by Gasteiger charge is -2.12. The topological polar surface area (TPSA) is 12.0 Å². The fourth-order valence-corrected chi connectivity index (χ4v) is 1.54. The maximum Gasteiger partial charge on any atom is 0.0555 e. The molecule has 2 rings (SSSR count). The molecule has 1 aromatic carbocycles.